The van der Waals surface area contributed by atoms with Crippen molar-refractivity contribution in [3.8, 4) is 11.3 Å². The molecule has 2 aliphatic rings. The average molecular weight is 389 g/mol. The highest BCUT2D eigenvalue weighted by Crippen LogP contribution is 2.37. The number of fused-ring (bicyclic) bond motifs is 1. The fourth-order valence-corrected chi connectivity index (χ4v) is 4.43. The highest BCUT2D eigenvalue weighted by Gasteiger charge is 2.42. The van der Waals surface area contributed by atoms with E-state index < -0.39 is 0 Å². The van der Waals surface area contributed by atoms with Gasteiger partial charge in [0.15, 0.2) is 0 Å². The largest absolute Gasteiger partial charge is 0.357 e. The van der Waals surface area contributed by atoms with Gasteiger partial charge in [0.25, 0.3) is 5.91 Å². The van der Waals surface area contributed by atoms with Crippen LogP contribution in [0.5, 0.6) is 0 Å². The minimum absolute atomic E-state index is 0. The van der Waals surface area contributed by atoms with E-state index in [-0.39, 0.29) is 36.8 Å². The SMILES string of the molecule is Cc1nc(-c2c[nH]c(C(=O)N3CC4CCC(N)C4C3)c2)cs1.Cl.Cl. The number of carbonyl (C=O) groups is 1. The molecule has 1 amide bonds. The number of rotatable bonds is 2. The summed E-state index contributed by atoms with van der Waals surface area (Å²) in [4.78, 5) is 22.2. The van der Waals surface area contributed by atoms with Crippen molar-refractivity contribution < 1.29 is 4.79 Å². The monoisotopic (exact) mass is 388 g/mol. The summed E-state index contributed by atoms with van der Waals surface area (Å²) in [7, 11) is 0. The maximum Gasteiger partial charge on any atom is 0.270 e. The normalized spacial score (nSPS) is 25.1. The van der Waals surface area contributed by atoms with E-state index in [0.29, 0.717) is 17.5 Å². The molecule has 24 heavy (non-hydrogen) atoms. The van der Waals surface area contributed by atoms with Crippen molar-refractivity contribution in [1.82, 2.24) is 14.9 Å². The van der Waals surface area contributed by atoms with Crippen molar-refractivity contribution in [3.63, 3.8) is 0 Å². The van der Waals surface area contributed by atoms with E-state index in [9.17, 15) is 4.79 Å². The molecule has 132 valence electrons. The molecular weight excluding hydrogens is 367 g/mol. The quantitative estimate of drug-likeness (QED) is 0.829. The smallest absolute Gasteiger partial charge is 0.270 e. The highest BCUT2D eigenvalue weighted by atomic mass is 35.5. The number of aromatic amines is 1. The maximum atomic E-state index is 12.7. The van der Waals surface area contributed by atoms with Gasteiger partial charge in [0, 0.05) is 36.3 Å². The lowest BCUT2D eigenvalue weighted by atomic mass is 9.98. The second-order valence-corrected chi connectivity index (χ2v) is 7.49. The molecule has 3 atom stereocenters. The molecule has 1 saturated carbocycles. The van der Waals surface area contributed by atoms with Crippen LogP contribution in [-0.4, -0.2) is 39.9 Å². The minimum Gasteiger partial charge on any atom is -0.357 e. The molecule has 1 saturated heterocycles. The van der Waals surface area contributed by atoms with E-state index in [2.05, 4.69) is 9.97 Å². The van der Waals surface area contributed by atoms with Crippen molar-refractivity contribution >= 4 is 42.1 Å². The van der Waals surface area contributed by atoms with Crippen molar-refractivity contribution in [2.24, 2.45) is 17.6 Å². The fourth-order valence-electron chi connectivity index (χ4n) is 3.81. The molecule has 8 heteroatoms. The summed E-state index contributed by atoms with van der Waals surface area (Å²) in [5.74, 6) is 1.16. The molecule has 3 heterocycles. The van der Waals surface area contributed by atoms with E-state index in [4.69, 9.17) is 5.73 Å². The van der Waals surface area contributed by atoms with Crippen LogP contribution in [0.15, 0.2) is 17.6 Å². The van der Waals surface area contributed by atoms with Crippen molar-refractivity contribution in [2.45, 2.75) is 25.8 Å². The van der Waals surface area contributed by atoms with Crippen molar-refractivity contribution in [2.75, 3.05) is 13.1 Å². The summed E-state index contributed by atoms with van der Waals surface area (Å²) >= 11 is 1.62. The van der Waals surface area contributed by atoms with Gasteiger partial charge in [-0.05, 0) is 37.7 Å². The van der Waals surface area contributed by atoms with Crippen LogP contribution in [0.4, 0.5) is 0 Å². The molecule has 4 rings (SSSR count). The molecule has 2 aromatic heterocycles. The van der Waals surface area contributed by atoms with Crippen LogP contribution < -0.4 is 5.73 Å². The van der Waals surface area contributed by atoms with Gasteiger partial charge in [-0.2, -0.15) is 0 Å². The van der Waals surface area contributed by atoms with Crippen LogP contribution in [-0.2, 0) is 0 Å². The summed E-state index contributed by atoms with van der Waals surface area (Å²) in [5.41, 5.74) is 8.70. The Hall–Kier alpha value is -1.08. The number of aryl methyl sites for hydroxylation is 1. The summed E-state index contributed by atoms with van der Waals surface area (Å²) in [5, 5.41) is 3.05. The molecule has 1 aliphatic heterocycles. The Morgan fingerprint density at radius 3 is 2.83 bits per heavy atom. The number of nitrogens with two attached hydrogens (primary N) is 1. The molecule has 0 bridgehead atoms. The van der Waals surface area contributed by atoms with Gasteiger partial charge in [-0.25, -0.2) is 4.98 Å². The lowest BCUT2D eigenvalue weighted by Crippen LogP contribution is -2.33. The third kappa shape index (κ3) is 3.33. The molecule has 0 aromatic carbocycles. The molecule has 2 aromatic rings. The van der Waals surface area contributed by atoms with Gasteiger partial charge in [0.05, 0.1) is 10.7 Å². The van der Waals surface area contributed by atoms with Gasteiger partial charge >= 0.3 is 0 Å². The van der Waals surface area contributed by atoms with E-state index in [1.165, 1.54) is 0 Å². The lowest BCUT2D eigenvalue weighted by Gasteiger charge is -2.17. The molecule has 0 radical (unpaired) electrons. The molecular formula is C16H22Cl2N4OS. The van der Waals surface area contributed by atoms with E-state index in [0.717, 1.165) is 42.2 Å². The Morgan fingerprint density at radius 1 is 1.38 bits per heavy atom. The van der Waals surface area contributed by atoms with Crippen LogP contribution in [0.3, 0.4) is 0 Å². The van der Waals surface area contributed by atoms with Crippen molar-refractivity contribution in [3.05, 3.63) is 28.3 Å². The second kappa shape index (κ2) is 7.44. The number of hydrogen-bond donors (Lipinski definition) is 2. The van der Waals surface area contributed by atoms with Gasteiger partial charge in [0.2, 0.25) is 0 Å². The number of carbonyl (C=O) groups excluding carboxylic acids is 1. The van der Waals surface area contributed by atoms with Gasteiger partial charge < -0.3 is 15.6 Å². The molecule has 5 nitrogen and oxygen atoms in total. The molecule has 3 N–H and O–H groups in total. The topological polar surface area (TPSA) is 75.0 Å². The number of H-pyrrole nitrogens is 1. The van der Waals surface area contributed by atoms with E-state index in [1.807, 2.05) is 29.5 Å². The first-order valence-electron chi connectivity index (χ1n) is 7.77. The van der Waals surface area contributed by atoms with Crippen LogP contribution in [0.2, 0.25) is 0 Å². The number of amides is 1. The zero-order valence-electron chi connectivity index (χ0n) is 13.4. The first-order valence-corrected chi connectivity index (χ1v) is 8.65. The number of thiazole rings is 1. The number of nitrogens with zero attached hydrogens (tertiary/aromatic N) is 2. The highest BCUT2D eigenvalue weighted by molar-refractivity contribution is 7.09. The first kappa shape index (κ1) is 19.2. The Bertz CT molecular complexity index is 717. The number of aromatic nitrogens is 2. The molecule has 0 spiro atoms. The number of halogens is 2. The first-order chi connectivity index (χ1) is 10.6. The Labute approximate surface area is 157 Å². The second-order valence-electron chi connectivity index (χ2n) is 6.43. The van der Waals surface area contributed by atoms with Gasteiger partial charge in [-0.1, -0.05) is 0 Å². The molecule has 3 unspecified atom stereocenters. The third-order valence-electron chi connectivity index (χ3n) is 5.03. The van der Waals surface area contributed by atoms with E-state index in [1.54, 1.807) is 11.3 Å². The van der Waals surface area contributed by atoms with E-state index >= 15 is 0 Å². The van der Waals surface area contributed by atoms with Crippen LogP contribution in [0, 0.1) is 18.8 Å². The standard InChI is InChI=1S/C16H20N4OS.2ClH/c1-9-19-15(8-22-9)11-4-14(18-5-11)16(21)20-6-10-2-3-13(17)12(10)7-20;;/h4-5,8,10,12-13,18H,2-3,6-7,17H2,1H3;2*1H. The summed E-state index contributed by atoms with van der Waals surface area (Å²) in [6.07, 6.45) is 4.13. The van der Waals surface area contributed by atoms with Gasteiger partial charge in [-0.3, -0.25) is 4.79 Å². The van der Waals surface area contributed by atoms with Crippen LogP contribution >= 0.6 is 36.2 Å². The zero-order valence-corrected chi connectivity index (χ0v) is 15.8. The van der Waals surface area contributed by atoms with Crippen LogP contribution in [0.25, 0.3) is 11.3 Å². The summed E-state index contributed by atoms with van der Waals surface area (Å²) in [6, 6.07) is 2.17. The van der Waals surface area contributed by atoms with Crippen LogP contribution in [0.1, 0.15) is 28.3 Å². The zero-order chi connectivity index (χ0) is 15.3. The predicted octanol–water partition coefficient (Wildman–Crippen LogP) is 3.10. The Morgan fingerprint density at radius 2 is 2.17 bits per heavy atom. The van der Waals surface area contributed by atoms with Gasteiger partial charge in [0.1, 0.15) is 5.69 Å². The third-order valence-corrected chi connectivity index (χ3v) is 5.80. The number of likely N-dealkylation sites (tertiary alicyclic amines) is 1. The average Bonchev–Trinajstić information content (AvgIpc) is 3.23. The summed E-state index contributed by atoms with van der Waals surface area (Å²) in [6.45, 7) is 3.63. The number of nitrogens with one attached hydrogen (secondary N) is 1. The molecule has 2 fully saturated rings. The summed E-state index contributed by atoms with van der Waals surface area (Å²) < 4.78 is 0. The predicted molar refractivity (Wildman–Crippen MR) is 101 cm³/mol. The Kier molecular flexibility index (Phi) is 5.96. The van der Waals surface area contributed by atoms with Gasteiger partial charge in [-0.15, -0.1) is 36.2 Å². The lowest BCUT2D eigenvalue weighted by molar-refractivity contribution is 0.0774. The number of hydrogen-bond acceptors (Lipinski definition) is 4. The minimum atomic E-state index is 0. The van der Waals surface area contributed by atoms with Crippen molar-refractivity contribution in [1.29, 1.82) is 0 Å². The fraction of sp³-hybridized carbons (Fsp3) is 0.500. The maximum absolute atomic E-state index is 12.7. The molecule has 1 aliphatic carbocycles. The Balaban J connectivity index is 0.00000104.